The van der Waals surface area contributed by atoms with Crippen molar-refractivity contribution >= 4 is 46.3 Å². The van der Waals surface area contributed by atoms with Crippen molar-refractivity contribution in [3.63, 3.8) is 0 Å². The van der Waals surface area contributed by atoms with Crippen LogP contribution >= 0.6 is 11.8 Å². The summed E-state index contributed by atoms with van der Waals surface area (Å²) in [6.07, 6.45) is 1.24. The first-order valence-electron chi connectivity index (χ1n) is 11.2. The van der Waals surface area contributed by atoms with E-state index in [0.717, 1.165) is 4.90 Å². The van der Waals surface area contributed by atoms with Crippen molar-refractivity contribution in [1.82, 2.24) is 19.9 Å². The van der Waals surface area contributed by atoms with Gasteiger partial charge in [-0.25, -0.2) is 9.78 Å². The minimum Gasteiger partial charge on any atom is -0.481 e. The van der Waals surface area contributed by atoms with E-state index in [0.29, 0.717) is 66.8 Å². The molecule has 0 radical (unpaired) electrons. The van der Waals surface area contributed by atoms with E-state index in [1.165, 1.54) is 25.1 Å². The molecule has 0 aliphatic carbocycles. The van der Waals surface area contributed by atoms with E-state index in [1.807, 2.05) is 12.1 Å². The van der Waals surface area contributed by atoms with E-state index in [1.54, 1.807) is 27.7 Å². The minimum absolute atomic E-state index is 0.0531. The number of aromatic nitrogens is 3. The Morgan fingerprint density at radius 2 is 2.14 bits per heavy atom. The first-order valence-corrected chi connectivity index (χ1v) is 12.2. The fraction of sp³-hybridized carbons (Fsp3) is 0.348. The molecule has 0 saturated carbocycles. The lowest BCUT2D eigenvalue weighted by Crippen LogP contribution is -2.32. The Morgan fingerprint density at radius 1 is 1.26 bits per heavy atom. The number of cyclic esters (lactones) is 1. The van der Waals surface area contributed by atoms with E-state index >= 15 is 0 Å². The van der Waals surface area contributed by atoms with Crippen molar-refractivity contribution in [3.8, 4) is 5.88 Å². The number of hydrogen-bond donors (Lipinski definition) is 2. The molecule has 2 amide bonds. The summed E-state index contributed by atoms with van der Waals surface area (Å²) in [5, 5.41) is 6.14. The lowest BCUT2D eigenvalue weighted by molar-refractivity contribution is -0.113. The summed E-state index contributed by atoms with van der Waals surface area (Å²) < 4.78 is 12.3. The van der Waals surface area contributed by atoms with Crippen molar-refractivity contribution in [1.29, 1.82) is 0 Å². The summed E-state index contributed by atoms with van der Waals surface area (Å²) in [6, 6.07) is 9.04. The Balaban J connectivity index is 1.14. The van der Waals surface area contributed by atoms with Crippen LogP contribution in [0.25, 0.3) is 11.2 Å². The molecule has 1 aromatic carbocycles. The number of hydrogen-bond acceptors (Lipinski definition) is 9. The third-order valence-electron chi connectivity index (χ3n) is 5.76. The average Bonchev–Trinajstić information content (AvgIpc) is 3.24. The molecule has 0 unspecified atom stereocenters. The fourth-order valence-electron chi connectivity index (χ4n) is 4.05. The fourth-order valence-corrected chi connectivity index (χ4v) is 4.84. The second kappa shape index (κ2) is 9.92. The third-order valence-corrected chi connectivity index (χ3v) is 6.84. The highest BCUT2D eigenvalue weighted by molar-refractivity contribution is 8.00. The minimum atomic E-state index is -0.415. The van der Waals surface area contributed by atoms with Crippen molar-refractivity contribution in [2.45, 2.75) is 24.0 Å². The van der Waals surface area contributed by atoms with Crippen molar-refractivity contribution in [2.75, 3.05) is 42.7 Å². The van der Waals surface area contributed by atoms with Gasteiger partial charge in [0.2, 0.25) is 11.8 Å². The number of methoxy groups -OCH3 is 1. The number of amides is 2. The number of nitrogens with one attached hydrogen (secondary N) is 2. The number of carbonyl (C=O) groups is 2. The van der Waals surface area contributed by atoms with Crippen molar-refractivity contribution in [3.05, 3.63) is 46.9 Å². The van der Waals surface area contributed by atoms with Gasteiger partial charge in [0.1, 0.15) is 11.6 Å². The van der Waals surface area contributed by atoms with E-state index in [4.69, 9.17) is 9.47 Å². The maximum atomic E-state index is 12.4. The smallest absolute Gasteiger partial charge is 0.414 e. The molecule has 12 heteroatoms. The van der Waals surface area contributed by atoms with Gasteiger partial charge in [-0.15, -0.1) is 11.8 Å². The van der Waals surface area contributed by atoms with Gasteiger partial charge in [-0.05, 0) is 37.2 Å². The number of thioether (sulfide) groups is 1. The number of carbonyl (C=O) groups excluding carboxylic acids is 2. The van der Waals surface area contributed by atoms with Crippen molar-refractivity contribution < 1.29 is 19.1 Å². The van der Waals surface area contributed by atoms with E-state index in [9.17, 15) is 14.4 Å². The number of anilines is 2. The topological polar surface area (TPSA) is 128 Å². The van der Waals surface area contributed by atoms with Crippen LogP contribution in [0.3, 0.4) is 0 Å². The Labute approximate surface area is 204 Å². The molecule has 2 aromatic heterocycles. The quantitative estimate of drug-likeness (QED) is 0.449. The molecule has 35 heavy (non-hydrogen) atoms. The third kappa shape index (κ3) is 4.93. The summed E-state index contributed by atoms with van der Waals surface area (Å²) in [4.78, 5) is 47.5. The Kier molecular flexibility index (Phi) is 6.55. The first-order chi connectivity index (χ1) is 17.0. The van der Waals surface area contributed by atoms with E-state index in [-0.39, 0.29) is 17.6 Å². The van der Waals surface area contributed by atoms with Crippen LogP contribution in [0.5, 0.6) is 5.88 Å². The van der Waals surface area contributed by atoms with Crippen molar-refractivity contribution in [2.24, 2.45) is 0 Å². The second-order valence-corrected chi connectivity index (χ2v) is 9.15. The SMILES string of the molecule is COc1ccc2ncc(=O)n(CCCNC[C@@H]3CN(c4ccc5c(c4)NC(=O)CS5)C(=O)O3)c2n1. The molecule has 1 atom stereocenters. The molecule has 2 aliphatic rings. The Bertz CT molecular complexity index is 1350. The molecule has 5 rings (SSSR count). The molecule has 182 valence electrons. The van der Waals surface area contributed by atoms with Gasteiger partial charge in [0, 0.05) is 29.7 Å². The van der Waals surface area contributed by atoms with Crippen LogP contribution in [0.15, 0.2) is 46.2 Å². The number of rotatable bonds is 8. The highest BCUT2D eigenvalue weighted by atomic mass is 32.2. The van der Waals surface area contributed by atoms with Gasteiger partial charge in [-0.1, -0.05) is 0 Å². The molecule has 2 N–H and O–H groups in total. The summed E-state index contributed by atoms with van der Waals surface area (Å²) in [5.41, 5.74) is 2.28. The van der Waals surface area contributed by atoms with Crippen LogP contribution in [0.4, 0.5) is 16.2 Å². The largest absolute Gasteiger partial charge is 0.481 e. The lowest BCUT2D eigenvalue weighted by atomic mass is 10.2. The number of ether oxygens (including phenoxy) is 2. The molecular weight excluding hydrogens is 472 g/mol. The number of aryl methyl sites for hydroxylation is 1. The molecule has 1 fully saturated rings. The number of fused-ring (bicyclic) bond motifs is 2. The van der Waals surface area contributed by atoms with Gasteiger partial charge in [-0.2, -0.15) is 4.98 Å². The second-order valence-electron chi connectivity index (χ2n) is 8.14. The van der Waals surface area contributed by atoms with Crippen LogP contribution in [0.2, 0.25) is 0 Å². The van der Waals surface area contributed by atoms with Gasteiger partial charge in [0.25, 0.3) is 5.56 Å². The van der Waals surface area contributed by atoms with Gasteiger partial charge < -0.3 is 20.1 Å². The molecule has 11 nitrogen and oxygen atoms in total. The maximum Gasteiger partial charge on any atom is 0.414 e. The molecule has 1 saturated heterocycles. The Hall–Kier alpha value is -3.64. The summed E-state index contributed by atoms with van der Waals surface area (Å²) in [5.74, 6) is 0.759. The van der Waals surface area contributed by atoms with Gasteiger partial charge >= 0.3 is 6.09 Å². The van der Waals surface area contributed by atoms with E-state index in [2.05, 4.69) is 20.6 Å². The standard InChI is InChI=1S/C23H24N6O5S/c1-33-20-6-4-16-22(27-20)28(21(31)11-25-16)8-2-7-24-10-15-12-29(23(32)34-15)14-3-5-18-17(9-14)26-19(30)13-35-18/h3-6,9,11,15,24H,2,7-8,10,12-13H2,1H3,(H,26,30)/t15-/m1/s1. The summed E-state index contributed by atoms with van der Waals surface area (Å²) >= 11 is 1.47. The van der Waals surface area contributed by atoms with Crippen LogP contribution in [0.1, 0.15) is 6.42 Å². The number of nitrogens with zero attached hydrogens (tertiary/aromatic N) is 4. The highest BCUT2D eigenvalue weighted by Gasteiger charge is 2.32. The van der Waals surface area contributed by atoms with E-state index < -0.39 is 6.09 Å². The van der Waals surface area contributed by atoms with Crippen LogP contribution in [-0.4, -0.2) is 65.1 Å². The molecule has 4 heterocycles. The number of benzene rings is 1. The molecule has 0 bridgehead atoms. The molecule has 2 aliphatic heterocycles. The first kappa shape index (κ1) is 23.1. The van der Waals surface area contributed by atoms with Crippen LogP contribution in [0, 0.1) is 0 Å². The summed E-state index contributed by atoms with van der Waals surface area (Å²) in [7, 11) is 1.52. The molecule has 3 aromatic rings. The van der Waals surface area contributed by atoms with Crippen LogP contribution in [-0.2, 0) is 16.1 Å². The van der Waals surface area contributed by atoms with Crippen LogP contribution < -0.4 is 25.8 Å². The Morgan fingerprint density at radius 3 is 3.00 bits per heavy atom. The lowest BCUT2D eigenvalue weighted by Gasteiger charge is -2.20. The summed E-state index contributed by atoms with van der Waals surface area (Å²) in [6.45, 7) is 1.97. The highest BCUT2D eigenvalue weighted by Crippen LogP contribution is 2.35. The van der Waals surface area contributed by atoms with Gasteiger partial charge in [0.05, 0.1) is 31.3 Å². The zero-order valence-corrected chi connectivity index (χ0v) is 19.8. The monoisotopic (exact) mass is 496 g/mol. The average molecular weight is 497 g/mol. The van der Waals surface area contributed by atoms with Gasteiger partial charge in [0.15, 0.2) is 5.65 Å². The number of pyridine rings is 1. The zero-order valence-electron chi connectivity index (χ0n) is 19.0. The predicted molar refractivity (Wildman–Crippen MR) is 131 cm³/mol. The molecule has 0 spiro atoms. The normalized spacial score (nSPS) is 17.3. The molecular formula is C23H24N6O5S. The predicted octanol–water partition coefficient (Wildman–Crippen LogP) is 1.85. The maximum absolute atomic E-state index is 12.4. The zero-order chi connectivity index (χ0) is 24.4. The van der Waals surface area contributed by atoms with Gasteiger partial charge in [-0.3, -0.25) is 19.1 Å².